The molecule has 136 valence electrons. The van der Waals surface area contributed by atoms with Gasteiger partial charge in [-0.2, -0.15) is 0 Å². The van der Waals surface area contributed by atoms with Crippen molar-refractivity contribution >= 4 is 18.0 Å². The lowest BCUT2D eigenvalue weighted by Crippen LogP contribution is -2.37. The molecule has 4 heteroatoms. The molecule has 0 bridgehead atoms. The van der Waals surface area contributed by atoms with Crippen LogP contribution in [-0.4, -0.2) is 25.2 Å². The molecule has 2 aromatic rings. The van der Waals surface area contributed by atoms with E-state index in [1.807, 2.05) is 54.6 Å². The summed E-state index contributed by atoms with van der Waals surface area (Å²) in [6.45, 7) is 5.32. The number of hydrogen-bond acceptors (Lipinski definition) is 4. The van der Waals surface area contributed by atoms with Gasteiger partial charge in [-0.05, 0) is 37.5 Å². The van der Waals surface area contributed by atoms with Gasteiger partial charge >= 0.3 is 11.9 Å². The summed E-state index contributed by atoms with van der Waals surface area (Å²) in [6, 6.07) is 17.9. The van der Waals surface area contributed by atoms with Crippen LogP contribution in [0.1, 0.15) is 26.3 Å². The van der Waals surface area contributed by atoms with Crippen molar-refractivity contribution in [3.63, 3.8) is 0 Å². The molecule has 0 amide bonds. The normalized spacial score (nSPS) is 11.3. The lowest BCUT2D eigenvalue weighted by Gasteiger charge is -2.21. The molecule has 0 unspecified atom stereocenters. The number of esters is 2. The SMILES string of the molecule is CCOC(=O)C(C)(C=Cc1ccc(-c2ccccc2)cc1)C(=O)OCC. The number of benzene rings is 2. The number of ether oxygens (including phenoxy) is 2. The molecular weight excluding hydrogens is 328 g/mol. The number of rotatable bonds is 7. The zero-order chi connectivity index (χ0) is 19.0. The molecule has 0 spiro atoms. The maximum Gasteiger partial charge on any atom is 0.327 e. The second-order valence-electron chi connectivity index (χ2n) is 5.96. The summed E-state index contributed by atoms with van der Waals surface area (Å²) < 4.78 is 10.1. The van der Waals surface area contributed by atoms with Crippen LogP contribution in [0.25, 0.3) is 17.2 Å². The molecular formula is C22H24O4. The highest BCUT2D eigenvalue weighted by Gasteiger charge is 2.41. The molecule has 0 aromatic heterocycles. The van der Waals surface area contributed by atoms with E-state index in [9.17, 15) is 9.59 Å². The van der Waals surface area contributed by atoms with Crippen LogP contribution < -0.4 is 0 Å². The Bertz CT molecular complexity index is 742. The molecule has 0 saturated heterocycles. The highest BCUT2D eigenvalue weighted by molar-refractivity contribution is 6.02. The second kappa shape index (κ2) is 8.99. The third-order valence-electron chi connectivity index (χ3n) is 4.03. The average molecular weight is 352 g/mol. The van der Waals surface area contributed by atoms with Gasteiger partial charge in [0.05, 0.1) is 13.2 Å². The van der Waals surface area contributed by atoms with E-state index in [2.05, 4.69) is 0 Å². The third-order valence-corrected chi connectivity index (χ3v) is 4.03. The standard InChI is InChI=1S/C22H24O4/c1-4-25-20(23)22(3,21(24)26-5-2)16-15-17-11-13-19(14-12-17)18-9-7-6-8-10-18/h6-16H,4-5H2,1-3H3. The average Bonchev–Trinajstić information content (AvgIpc) is 2.67. The molecule has 0 aliphatic heterocycles. The predicted molar refractivity (Wildman–Crippen MR) is 102 cm³/mol. The summed E-state index contributed by atoms with van der Waals surface area (Å²) >= 11 is 0. The van der Waals surface area contributed by atoms with Gasteiger partial charge in [-0.1, -0.05) is 66.7 Å². The van der Waals surface area contributed by atoms with E-state index >= 15 is 0 Å². The van der Waals surface area contributed by atoms with Crippen molar-refractivity contribution in [2.75, 3.05) is 13.2 Å². The van der Waals surface area contributed by atoms with Gasteiger partial charge in [-0.3, -0.25) is 9.59 Å². The first-order chi connectivity index (χ1) is 12.5. The van der Waals surface area contributed by atoms with Crippen molar-refractivity contribution in [3.8, 4) is 11.1 Å². The van der Waals surface area contributed by atoms with Gasteiger partial charge in [0.25, 0.3) is 0 Å². The Morgan fingerprint density at radius 3 is 1.85 bits per heavy atom. The van der Waals surface area contributed by atoms with Gasteiger partial charge in [0, 0.05) is 0 Å². The van der Waals surface area contributed by atoms with E-state index in [1.54, 1.807) is 26.0 Å². The number of carbonyl (C=O) groups excluding carboxylic acids is 2. The van der Waals surface area contributed by atoms with Gasteiger partial charge in [0.2, 0.25) is 0 Å². The molecule has 2 aromatic carbocycles. The summed E-state index contributed by atoms with van der Waals surface area (Å²) in [7, 11) is 0. The van der Waals surface area contributed by atoms with Gasteiger partial charge in [0.1, 0.15) is 0 Å². The fourth-order valence-electron chi connectivity index (χ4n) is 2.46. The van der Waals surface area contributed by atoms with Crippen molar-refractivity contribution in [1.82, 2.24) is 0 Å². The molecule has 0 atom stereocenters. The smallest absolute Gasteiger partial charge is 0.327 e. The molecule has 0 radical (unpaired) electrons. The second-order valence-corrected chi connectivity index (χ2v) is 5.96. The number of hydrogen-bond donors (Lipinski definition) is 0. The van der Waals surface area contributed by atoms with Crippen molar-refractivity contribution < 1.29 is 19.1 Å². The van der Waals surface area contributed by atoms with Crippen LogP contribution in [-0.2, 0) is 19.1 Å². The first-order valence-electron chi connectivity index (χ1n) is 8.70. The molecule has 4 nitrogen and oxygen atoms in total. The largest absolute Gasteiger partial charge is 0.465 e. The lowest BCUT2D eigenvalue weighted by molar-refractivity contribution is -0.166. The highest BCUT2D eigenvalue weighted by Crippen LogP contribution is 2.25. The van der Waals surface area contributed by atoms with Crippen molar-refractivity contribution in [2.24, 2.45) is 5.41 Å². The molecule has 2 rings (SSSR count). The maximum absolute atomic E-state index is 12.3. The van der Waals surface area contributed by atoms with Crippen molar-refractivity contribution in [3.05, 3.63) is 66.2 Å². The molecule has 0 aliphatic carbocycles. The van der Waals surface area contributed by atoms with Crippen LogP contribution in [0.15, 0.2) is 60.7 Å². The number of carbonyl (C=O) groups is 2. The Hall–Kier alpha value is -2.88. The van der Waals surface area contributed by atoms with Crippen LogP contribution in [0, 0.1) is 5.41 Å². The Balaban J connectivity index is 2.23. The molecule has 0 fully saturated rings. The Kier molecular flexibility index (Phi) is 6.73. The van der Waals surface area contributed by atoms with Gasteiger partial charge in [-0.15, -0.1) is 0 Å². The maximum atomic E-state index is 12.3. The van der Waals surface area contributed by atoms with Crippen LogP contribution >= 0.6 is 0 Å². The minimum Gasteiger partial charge on any atom is -0.465 e. The zero-order valence-corrected chi connectivity index (χ0v) is 15.4. The summed E-state index contributed by atoms with van der Waals surface area (Å²) in [4.78, 5) is 24.5. The van der Waals surface area contributed by atoms with E-state index < -0.39 is 17.4 Å². The zero-order valence-electron chi connectivity index (χ0n) is 15.4. The van der Waals surface area contributed by atoms with Gasteiger partial charge in [-0.25, -0.2) is 0 Å². The molecule has 26 heavy (non-hydrogen) atoms. The van der Waals surface area contributed by atoms with Crippen LogP contribution in [0.3, 0.4) is 0 Å². The fourth-order valence-corrected chi connectivity index (χ4v) is 2.46. The van der Waals surface area contributed by atoms with Gasteiger partial charge < -0.3 is 9.47 Å². The van der Waals surface area contributed by atoms with E-state index in [-0.39, 0.29) is 13.2 Å². The Labute approximate surface area is 154 Å². The van der Waals surface area contributed by atoms with E-state index in [4.69, 9.17) is 9.47 Å². The minimum absolute atomic E-state index is 0.202. The van der Waals surface area contributed by atoms with Crippen LogP contribution in [0.5, 0.6) is 0 Å². The minimum atomic E-state index is -1.47. The Morgan fingerprint density at radius 1 is 0.846 bits per heavy atom. The summed E-state index contributed by atoms with van der Waals surface area (Å²) in [5.74, 6) is -1.23. The molecule has 0 N–H and O–H groups in total. The molecule has 0 aliphatic rings. The van der Waals surface area contributed by atoms with E-state index in [0.717, 1.165) is 16.7 Å². The Morgan fingerprint density at radius 2 is 1.35 bits per heavy atom. The monoisotopic (exact) mass is 352 g/mol. The first-order valence-corrected chi connectivity index (χ1v) is 8.70. The van der Waals surface area contributed by atoms with Crippen molar-refractivity contribution in [1.29, 1.82) is 0 Å². The third kappa shape index (κ3) is 4.60. The quantitative estimate of drug-likeness (QED) is 0.544. The predicted octanol–water partition coefficient (Wildman–Crippen LogP) is 4.50. The summed E-state index contributed by atoms with van der Waals surface area (Å²) in [6.07, 6.45) is 3.28. The van der Waals surface area contributed by atoms with Crippen LogP contribution in [0.4, 0.5) is 0 Å². The van der Waals surface area contributed by atoms with Crippen molar-refractivity contribution in [2.45, 2.75) is 20.8 Å². The molecule has 0 heterocycles. The van der Waals surface area contributed by atoms with E-state index in [0.29, 0.717) is 0 Å². The lowest BCUT2D eigenvalue weighted by atomic mass is 9.89. The topological polar surface area (TPSA) is 52.6 Å². The molecule has 0 saturated carbocycles. The highest BCUT2D eigenvalue weighted by atomic mass is 16.6. The van der Waals surface area contributed by atoms with E-state index in [1.165, 1.54) is 6.92 Å². The van der Waals surface area contributed by atoms with Gasteiger partial charge in [0.15, 0.2) is 5.41 Å². The summed E-state index contributed by atoms with van der Waals surface area (Å²) in [5.41, 5.74) is 1.64. The summed E-state index contributed by atoms with van der Waals surface area (Å²) in [5, 5.41) is 0. The van der Waals surface area contributed by atoms with Crippen LogP contribution in [0.2, 0.25) is 0 Å². The first kappa shape index (κ1) is 19.4. The fraction of sp³-hybridized carbons (Fsp3) is 0.273.